The van der Waals surface area contributed by atoms with E-state index in [9.17, 15) is 19.2 Å². The van der Waals surface area contributed by atoms with Crippen molar-refractivity contribution in [3.8, 4) is 0 Å². The number of hydrogen-bond acceptors (Lipinski definition) is 7. The number of esters is 3. The van der Waals surface area contributed by atoms with Gasteiger partial charge in [-0.15, -0.1) is 0 Å². The van der Waals surface area contributed by atoms with Crippen LogP contribution in [0.15, 0.2) is 0 Å². The summed E-state index contributed by atoms with van der Waals surface area (Å²) in [5.74, 6) is -3.43. The molecule has 0 saturated carbocycles. The maximum Gasteiger partial charge on any atom is 0.315 e. The number of carboxylic acid groups (broad SMARTS) is 1. The molecule has 22 heavy (non-hydrogen) atoms. The number of rotatable bonds is 11. The van der Waals surface area contributed by atoms with Gasteiger partial charge in [0, 0.05) is 19.3 Å². The van der Waals surface area contributed by atoms with Gasteiger partial charge in [0.25, 0.3) is 0 Å². The lowest BCUT2D eigenvalue weighted by Crippen LogP contribution is -2.26. The van der Waals surface area contributed by atoms with E-state index < -0.39 is 36.6 Å². The van der Waals surface area contributed by atoms with E-state index in [1.165, 1.54) is 0 Å². The van der Waals surface area contributed by atoms with Crippen LogP contribution in [-0.4, -0.2) is 42.4 Å². The van der Waals surface area contributed by atoms with Crippen LogP contribution in [0, 0.1) is 5.92 Å². The highest BCUT2D eigenvalue weighted by atomic mass is 16.7. The fraction of sp³-hybridized carbons (Fsp3) is 0.714. The van der Waals surface area contributed by atoms with Crippen LogP contribution in [0.5, 0.6) is 0 Å². The molecule has 0 spiro atoms. The minimum Gasteiger partial charge on any atom is -0.481 e. The highest BCUT2D eigenvalue weighted by Gasteiger charge is 2.22. The highest BCUT2D eigenvalue weighted by Crippen LogP contribution is 2.12. The van der Waals surface area contributed by atoms with Crippen LogP contribution in [0.1, 0.15) is 46.0 Å². The molecule has 126 valence electrons. The van der Waals surface area contributed by atoms with Crippen LogP contribution >= 0.6 is 0 Å². The second-order valence-corrected chi connectivity index (χ2v) is 4.47. The summed E-state index contributed by atoms with van der Waals surface area (Å²) in [5.41, 5.74) is 0. The molecule has 1 atom stereocenters. The molecule has 0 heterocycles. The van der Waals surface area contributed by atoms with E-state index in [1.54, 1.807) is 13.8 Å². The Hall–Kier alpha value is -2.12. The number of aliphatic carboxylic acids is 1. The molecule has 1 unspecified atom stereocenters. The van der Waals surface area contributed by atoms with Gasteiger partial charge in [0.2, 0.25) is 6.79 Å². The summed E-state index contributed by atoms with van der Waals surface area (Å²) < 4.78 is 14.3. The zero-order valence-corrected chi connectivity index (χ0v) is 12.8. The molecule has 1 N–H and O–H groups in total. The summed E-state index contributed by atoms with van der Waals surface area (Å²) in [6, 6.07) is 0. The standard InChI is InChI=1S/C14H22O8/c1-3-12(17)20-8-10(6-5-7-11(15)16)14(19)22-9-21-13(18)4-2/h10H,3-9H2,1-2H3,(H,15,16). The molecule has 0 bridgehead atoms. The molecule has 0 saturated heterocycles. The molecule has 0 rings (SSSR count). The average molecular weight is 318 g/mol. The number of hydrogen-bond donors (Lipinski definition) is 1. The van der Waals surface area contributed by atoms with E-state index in [0.717, 1.165) is 0 Å². The number of ether oxygens (including phenoxy) is 3. The minimum absolute atomic E-state index is 0.101. The van der Waals surface area contributed by atoms with Gasteiger partial charge in [-0.1, -0.05) is 13.8 Å². The van der Waals surface area contributed by atoms with E-state index in [1.807, 2.05) is 0 Å². The van der Waals surface area contributed by atoms with Crippen LogP contribution < -0.4 is 0 Å². The Morgan fingerprint density at radius 3 is 2.09 bits per heavy atom. The van der Waals surface area contributed by atoms with Crippen molar-refractivity contribution in [2.24, 2.45) is 5.92 Å². The van der Waals surface area contributed by atoms with E-state index in [-0.39, 0.29) is 38.7 Å². The minimum atomic E-state index is -0.977. The topological polar surface area (TPSA) is 116 Å². The van der Waals surface area contributed by atoms with Crippen LogP contribution in [-0.2, 0) is 33.4 Å². The molecule has 0 aliphatic rings. The predicted molar refractivity (Wildman–Crippen MR) is 73.6 cm³/mol. The van der Waals surface area contributed by atoms with E-state index in [4.69, 9.17) is 14.6 Å². The van der Waals surface area contributed by atoms with Gasteiger partial charge >= 0.3 is 23.9 Å². The van der Waals surface area contributed by atoms with E-state index in [2.05, 4.69) is 4.74 Å². The van der Waals surface area contributed by atoms with Crippen molar-refractivity contribution in [3.05, 3.63) is 0 Å². The third-order valence-electron chi connectivity index (χ3n) is 2.72. The summed E-state index contributed by atoms with van der Waals surface area (Å²) in [6.07, 6.45) is 0.673. The smallest absolute Gasteiger partial charge is 0.315 e. The zero-order valence-electron chi connectivity index (χ0n) is 12.8. The molecule has 0 fully saturated rings. The van der Waals surface area contributed by atoms with Crippen LogP contribution in [0.2, 0.25) is 0 Å². The summed E-state index contributed by atoms with van der Waals surface area (Å²) in [7, 11) is 0. The zero-order chi connectivity index (χ0) is 17.0. The number of carbonyl (C=O) groups excluding carboxylic acids is 3. The molecule has 0 aliphatic carbocycles. The summed E-state index contributed by atoms with van der Waals surface area (Å²) in [5, 5.41) is 8.59. The van der Waals surface area contributed by atoms with Crippen LogP contribution in [0.3, 0.4) is 0 Å². The fourth-order valence-corrected chi connectivity index (χ4v) is 1.44. The largest absolute Gasteiger partial charge is 0.481 e. The molecule has 0 aromatic rings. The highest BCUT2D eigenvalue weighted by molar-refractivity contribution is 5.74. The maximum atomic E-state index is 11.8. The Morgan fingerprint density at radius 1 is 0.955 bits per heavy atom. The first-order chi connectivity index (χ1) is 10.4. The quantitative estimate of drug-likeness (QED) is 0.447. The summed E-state index contributed by atoms with van der Waals surface area (Å²) >= 11 is 0. The van der Waals surface area contributed by atoms with Crippen molar-refractivity contribution in [2.45, 2.75) is 46.0 Å². The van der Waals surface area contributed by atoms with Crippen molar-refractivity contribution in [1.29, 1.82) is 0 Å². The average Bonchev–Trinajstić information content (AvgIpc) is 2.49. The Balaban J connectivity index is 4.33. The van der Waals surface area contributed by atoms with Gasteiger partial charge in [0.05, 0.1) is 5.92 Å². The van der Waals surface area contributed by atoms with Crippen molar-refractivity contribution in [1.82, 2.24) is 0 Å². The molecule has 0 aromatic heterocycles. The Kier molecular flexibility index (Phi) is 10.4. The monoisotopic (exact) mass is 318 g/mol. The molecular weight excluding hydrogens is 296 g/mol. The van der Waals surface area contributed by atoms with Gasteiger partial charge in [-0.05, 0) is 12.8 Å². The second-order valence-electron chi connectivity index (χ2n) is 4.47. The Labute approximate surface area is 128 Å². The van der Waals surface area contributed by atoms with E-state index in [0.29, 0.717) is 0 Å². The van der Waals surface area contributed by atoms with Gasteiger partial charge in [0.1, 0.15) is 6.61 Å². The normalized spacial score (nSPS) is 11.4. The molecule has 8 heteroatoms. The molecular formula is C14H22O8. The van der Waals surface area contributed by atoms with Crippen molar-refractivity contribution in [3.63, 3.8) is 0 Å². The van der Waals surface area contributed by atoms with Crippen LogP contribution in [0.25, 0.3) is 0 Å². The Morgan fingerprint density at radius 2 is 1.55 bits per heavy atom. The predicted octanol–water partition coefficient (Wildman–Crippen LogP) is 1.26. The second kappa shape index (κ2) is 11.5. The number of carboxylic acids is 1. The lowest BCUT2D eigenvalue weighted by atomic mass is 10.0. The molecule has 8 nitrogen and oxygen atoms in total. The first-order valence-electron chi connectivity index (χ1n) is 7.10. The first-order valence-corrected chi connectivity index (χ1v) is 7.10. The molecule has 0 amide bonds. The fourth-order valence-electron chi connectivity index (χ4n) is 1.44. The molecule has 0 aromatic carbocycles. The van der Waals surface area contributed by atoms with Crippen LogP contribution in [0.4, 0.5) is 0 Å². The van der Waals surface area contributed by atoms with Gasteiger partial charge < -0.3 is 19.3 Å². The van der Waals surface area contributed by atoms with Gasteiger partial charge in [-0.25, -0.2) is 0 Å². The van der Waals surface area contributed by atoms with Gasteiger partial charge in [-0.2, -0.15) is 0 Å². The maximum absolute atomic E-state index is 11.8. The lowest BCUT2D eigenvalue weighted by Gasteiger charge is -2.15. The third kappa shape index (κ3) is 9.73. The number of carbonyl (C=O) groups is 4. The van der Waals surface area contributed by atoms with Crippen molar-refractivity contribution < 1.29 is 38.5 Å². The summed E-state index contributed by atoms with van der Waals surface area (Å²) in [4.78, 5) is 44.4. The Bertz CT molecular complexity index is 390. The van der Waals surface area contributed by atoms with Gasteiger partial charge in [-0.3, -0.25) is 19.2 Å². The van der Waals surface area contributed by atoms with Crippen molar-refractivity contribution in [2.75, 3.05) is 13.4 Å². The summed E-state index contributed by atoms with van der Waals surface area (Å²) in [6.45, 7) is 2.52. The van der Waals surface area contributed by atoms with E-state index >= 15 is 0 Å². The first kappa shape index (κ1) is 19.9. The molecule has 0 radical (unpaired) electrons. The van der Waals surface area contributed by atoms with Crippen molar-refractivity contribution >= 4 is 23.9 Å². The lowest BCUT2D eigenvalue weighted by molar-refractivity contribution is -0.172. The van der Waals surface area contributed by atoms with Gasteiger partial charge in [0.15, 0.2) is 0 Å². The molecule has 0 aliphatic heterocycles. The third-order valence-corrected chi connectivity index (χ3v) is 2.72. The SMILES string of the molecule is CCC(=O)OCOC(=O)C(CCCC(=O)O)COC(=O)CC.